The molecule has 0 amide bonds. The third-order valence-corrected chi connectivity index (χ3v) is 2.90. The van der Waals surface area contributed by atoms with E-state index in [9.17, 15) is 0 Å². The van der Waals surface area contributed by atoms with E-state index < -0.39 is 0 Å². The van der Waals surface area contributed by atoms with Crippen molar-refractivity contribution in [3.63, 3.8) is 0 Å². The molecular formula is C15H16. The Hall–Kier alpha value is -1.56. The Labute approximate surface area is 91.7 Å². The van der Waals surface area contributed by atoms with Gasteiger partial charge in [-0.1, -0.05) is 62.1 Å². The zero-order valence-corrected chi connectivity index (χ0v) is 9.11. The highest BCUT2D eigenvalue weighted by Crippen LogP contribution is 2.33. The monoisotopic (exact) mass is 196 g/mol. The van der Waals surface area contributed by atoms with Crippen LogP contribution in [0.3, 0.4) is 0 Å². The minimum absolute atomic E-state index is 0.514. The number of rotatable bonds is 2. The lowest BCUT2D eigenvalue weighted by molar-refractivity contribution is 0.853. The second-order valence-corrected chi connectivity index (χ2v) is 3.93. The van der Waals surface area contributed by atoms with Crippen molar-refractivity contribution in [3.8, 4) is 0 Å². The molecule has 0 aromatic heterocycles. The van der Waals surface area contributed by atoms with Crippen molar-refractivity contribution in [1.82, 2.24) is 0 Å². The number of allylic oxidation sites excluding steroid dienone is 11. The highest BCUT2D eigenvalue weighted by Gasteiger charge is 2.16. The summed E-state index contributed by atoms with van der Waals surface area (Å²) in [5.41, 5.74) is 4.25. The van der Waals surface area contributed by atoms with Crippen LogP contribution in [-0.4, -0.2) is 0 Å². The van der Waals surface area contributed by atoms with Crippen molar-refractivity contribution < 1.29 is 0 Å². The summed E-state index contributed by atoms with van der Waals surface area (Å²) in [6.45, 7) is 5.96. The number of hydrogen-bond acceptors (Lipinski definition) is 0. The van der Waals surface area contributed by atoms with Crippen molar-refractivity contribution in [2.45, 2.75) is 13.3 Å². The molecule has 0 fully saturated rings. The standard InChI is InChI=1S/C15H16/c1-3-4-8-14-12(2)10-11-13-7-5-6-9-15(13)14/h3-8,10-12H,1,9H2,2H3/b8-4-. The molecular weight excluding hydrogens is 180 g/mol. The van der Waals surface area contributed by atoms with Gasteiger partial charge >= 0.3 is 0 Å². The molecule has 2 aliphatic rings. The van der Waals surface area contributed by atoms with Crippen LogP contribution in [0.1, 0.15) is 13.3 Å². The van der Waals surface area contributed by atoms with E-state index in [0.29, 0.717) is 5.92 Å². The van der Waals surface area contributed by atoms with Crippen molar-refractivity contribution in [2.75, 3.05) is 0 Å². The van der Waals surface area contributed by atoms with Crippen molar-refractivity contribution in [2.24, 2.45) is 5.92 Å². The van der Waals surface area contributed by atoms with Crippen molar-refractivity contribution >= 4 is 0 Å². The Morgan fingerprint density at radius 2 is 2.33 bits per heavy atom. The van der Waals surface area contributed by atoms with E-state index in [1.54, 1.807) is 0 Å². The third-order valence-electron chi connectivity index (χ3n) is 2.90. The summed E-state index contributed by atoms with van der Waals surface area (Å²) in [6.07, 6.45) is 18.1. The summed E-state index contributed by atoms with van der Waals surface area (Å²) in [6, 6.07) is 0. The van der Waals surface area contributed by atoms with Crippen LogP contribution in [0.25, 0.3) is 0 Å². The van der Waals surface area contributed by atoms with Gasteiger partial charge in [0.2, 0.25) is 0 Å². The van der Waals surface area contributed by atoms with Gasteiger partial charge in [0.1, 0.15) is 0 Å². The summed E-state index contributed by atoms with van der Waals surface area (Å²) in [7, 11) is 0. The van der Waals surface area contributed by atoms with Gasteiger partial charge in [0.25, 0.3) is 0 Å². The summed E-state index contributed by atoms with van der Waals surface area (Å²) >= 11 is 0. The maximum Gasteiger partial charge on any atom is -0.000404 e. The lowest BCUT2D eigenvalue weighted by Gasteiger charge is -2.22. The summed E-state index contributed by atoms with van der Waals surface area (Å²) in [5.74, 6) is 0.514. The van der Waals surface area contributed by atoms with Crippen LogP contribution in [0.15, 0.2) is 71.9 Å². The zero-order chi connectivity index (χ0) is 10.7. The molecule has 1 unspecified atom stereocenters. The second-order valence-electron chi connectivity index (χ2n) is 3.93. The molecule has 0 aliphatic heterocycles. The van der Waals surface area contributed by atoms with Crippen molar-refractivity contribution in [1.29, 1.82) is 0 Å². The van der Waals surface area contributed by atoms with Crippen LogP contribution in [0.2, 0.25) is 0 Å². The third kappa shape index (κ3) is 1.94. The van der Waals surface area contributed by atoms with Gasteiger partial charge in [0.05, 0.1) is 0 Å². The highest BCUT2D eigenvalue weighted by atomic mass is 14.2. The molecule has 0 spiro atoms. The van der Waals surface area contributed by atoms with Gasteiger partial charge in [-0.2, -0.15) is 0 Å². The Morgan fingerprint density at radius 3 is 3.13 bits per heavy atom. The highest BCUT2D eigenvalue weighted by molar-refractivity contribution is 5.55. The molecule has 0 heterocycles. The molecule has 2 aliphatic carbocycles. The Kier molecular flexibility index (Phi) is 2.86. The molecule has 0 N–H and O–H groups in total. The van der Waals surface area contributed by atoms with E-state index in [2.05, 4.69) is 50.0 Å². The molecule has 0 saturated carbocycles. The van der Waals surface area contributed by atoms with Gasteiger partial charge < -0.3 is 0 Å². The first kappa shape index (κ1) is 9.97. The van der Waals surface area contributed by atoms with Crippen LogP contribution in [-0.2, 0) is 0 Å². The van der Waals surface area contributed by atoms with Gasteiger partial charge in [-0.05, 0) is 29.1 Å². The largest absolute Gasteiger partial charge is 0.0991 e. The predicted octanol–water partition coefficient (Wildman–Crippen LogP) is 4.12. The quantitative estimate of drug-likeness (QED) is 0.583. The normalized spacial score (nSPS) is 24.3. The molecule has 0 nitrogen and oxygen atoms in total. The Bertz CT molecular complexity index is 411. The fourth-order valence-corrected chi connectivity index (χ4v) is 2.07. The van der Waals surface area contributed by atoms with Gasteiger partial charge in [-0.15, -0.1) is 0 Å². The first-order chi connectivity index (χ1) is 7.33. The SMILES string of the molecule is C=C/C=C\C1=C2CC=CC=C2C=CC1C. The fraction of sp³-hybridized carbons (Fsp3) is 0.200. The number of hydrogen-bond donors (Lipinski definition) is 0. The van der Waals surface area contributed by atoms with Crippen LogP contribution in [0, 0.1) is 5.92 Å². The minimum Gasteiger partial charge on any atom is -0.0991 e. The van der Waals surface area contributed by atoms with Crippen LogP contribution in [0.5, 0.6) is 0 Å². The van der Waals surface area contributed by atoms with E-state index in [4.69, 9.17) is 0 Å². The molecule has 2 rings (SSSR count). The molecule has 15 heavy (non-hydrogen) atoms. The summed E-state index contributed by atoms with van der Waals surface area (Å²) in [4.78, 5) is 0. The maximum atomic E-state index is 3.72. The van der Waals surface area contributed by atoms with Crippen LogP contribution >= 0.6 is 0 Å². The zero-order valence-electron chi connectivity index (χ0n) is 9.11. The van der Waals surface area contributed by atoms with Crippen LogP contribution < -0.4 is 0 Å². The molecule has 0 aromatic carbocycles. The molecule has 0 radical (unpaired) electrons. The predicted molar refractivity (Wildman–Crippen MR) is 66.5 cm³/mol. The fourth-order valence-electron chi connectivity index (χ4n) is 2.07. The molecule has 0 aromatic rings. The van der Waals surface area contributed by atoms with E-state index in [-0.39, 0.29) is 0 Å². The smallest absolute Gasteiger partial charge is 0.000404 e. The van der Waals surface area contributed by atoms with Gasteiger partial charge in [-0.3, -0.25) is 0 Å². The molecule has 1 atom stereocenters. The minimum atomic E-state index is 0.514. The first-order valence-corrected chi connectivity index (χ1v) is 5.40. The Balaban J connectivity index is 2.43. The second kappa shape index (κ2) is 4.31. The van der Waals surface area contributed by atoms with E-state index >= 15 is 0 Å². The van der Waals surface area contributed by atoms with Crippen LogP contribution in [0.4, 0.5) is 0 Å². The summed E-state index contributed by atoms with van der Waals surface area (Å²) < 4.78 is 0. The first-order valence-electron chi connectivity index (χ1n) is 5.40. The average Bonchev–Trinajstić information content (AvgIpc) is 2.28. The summed E-state index contributed by atoms with van der Waals surface area (Å²) in [5, 5.41) is 0. The van der Waals surface area contributed by atoms with Gasteiger partial charge in [0.15, 0.2) is 0 Å². The van der Waals surface area contributed by atoms with E-state index in [1.165, 1.54) is 16.7 Å². The van der Waals surface area contributed by atoms with E-state index in [0.717, 1.165) is 6.42 Å². The Morgan fingerprint density at radius 1 is 1.47 bits per heavy atom. The molecule has 0 bridgehead atoms. The lowest BCUT2D eigenvalue weighted by atomic mass is 9.82. The van der Waals surface area contributed by atoms with Crippen molar-refractivity contribution in [3.05, 3.63) is 71.9 Å². The maximum absolute atomic E-state index is 3.72. The molecule has 76 valence electrons. The average molecular weight is 196 g/mol. The van der Waals surface area contributed by atoms with Gasteiger partial charge in [0, 0.05) is 0 Å². The van der Waals surface area contributed by atoms with E-state index in [1.807, 2.05) is 12.2 Å². The molecule has 0 saturated heterocycles. The lowest BCUT2D eigenvalue weighted by Crippen LogP contribution is -2.06. The van der Waals surface area contributed by atoms with Gasteiger partial charge in [-0.25, -0.2) is 0 Å². The molecule has 0 heteroatoms. The topological polar surface area (TPSA) is 0 Å². The number of fused-ring (bicyclic) bond motifs is 1.